The molecular weight excluding hydrogens is 414 g/mol. The Labute approximate surface area is 184 Å². The molecule has 0 spiro atoms. The van der Waals surface area contributed by atoms with Crippen LogP contribution in [0.2, 0.25) is 0 Å². The first-order valence-electron chi connectivity index (χ1n) is 10.0. The molecule has 1 aliphatic rings. The number of thioether (sulfide) groups is 1. The highest BCUT2D eigenvalue weighted by molar-refractivity contribution is 8.01. The smallest absolute Gasteiger partial charge is 0.248 e. The van der Waals surface area contributed by atoms with Gasteiger partial charge in [-0.2, -0.15) is 0 Å². The molecule has 1 aromatic heterocycles. The van der Waals surface area contributed by atoms with Crippen molar-refractivity contribution >= 4 is 56.9 Å². The van der Waals surface area contributed by atoms with E-state index in [4.69, 9.17) is 0 Å². The van der Waals surface area contributed by atoms with Gasteiger partial charge in [0.05, 0.1) is 16.0 Å². The molecule has 1 N–H and O–H groups in total. The second kappa shape index (κ2) is 9.91. The summed E-state index contributed by atoms with van der Waals surface area (Å²) in [4.78, 5) is 31.1. The van der Waals surface area contributed by atoms with Crippen LogP contribution in [0.3, 0.4) is 0 Å². The molecule has 0 unspecified atom stereocenters. The van der Waals surface area contributed by atoms with Crippen molar-refractivity contribution in [3.63, 3.8) is 0 Å². The summed E-state index contributed by atoms with van der Waals surface area (Å²) in [6.07, 6.45) is 6.74. The molecule has 0 bridgehead atoms. The number of fused-ring (bicyclic) bond motifs is 1. The lowest BCUT2D eigenvalue weighted by atomic mass is 10.1. The van der Waals surface area contributed by atoms with Crippen LogP contribution >= 0.6 is 23.1 Å². The number of aromatic nitrogens is 1. The summed E-state index contributed by atoms with van der Waals surface area (Å²) in [6.45, 7) is 1.75. The van der Waals surface area contributed by atoms with Gasteiger partial charge in [-0.05, 0) is 49.1 Å². The Hall–Kier alpha value is -2.64. The van der Waals surface area contributed by atoms with E-state index in [1.54, 1.807) is 17.4 Å². The summed E-state index contributed by atoms with van der Waals surface area (Å²) in [5.41, 5.74) is 2.59. The largest absolute Gasteiger partial charge is 0.342 e. The number of piperidine rings is 1. The van der Waals surface area contributed by atoms with E-state index < -0.39 is 0 Å². The van der Waals surface area contributed by atoms with Crippen LogP contribution in [0.25, 0.3) is 16.3 Å². The molecule has 1 aliphatic heterocycles. The van der Waals surface area contributed by atoms with Gasteiger partial charge in [0.2, 0.25) is 11.8 Å². The summed E-state index contributed by atoms with van der Waals surface area (Å²) in [6, 6.07) is 15.4. The Morgan fingerprint density at radius 2 is 1.90 bits per heavy atom. The van der Waals surface area contributed by atoms with Crippen LogP contribution in [-0.2, 0) is 9.59 Å². The Bertz CT molecular complexity index is 1060. The second-order valence-electron chi connectivity index (χ2n) is 7.13. The van der Waals surface area contributed by atoms with E-state index in [0.717, 1.165) is 51.7 Å². The molecule has 1 fully saturated rings. The summed E-state index contributed by atoms with van der Waals surface area (Å²) in [5, 5.41) is 2.89. The maximum atomic E-state index is 12.4. The number of thiazole rings is 1. The molecule has 5 nitrogen and oxygen atoms in total. The van der Waals surface area contributed by atoms with Crippen LogP contribution in [0.5, 0.6) is 0 Å². The van der Waals surface area contributed by atoms with Gasteiger partial charge < -0.3 is 10.2 Å². The minimum atomic E-state index is -0.176. The van der Waals surface area contributed by atoms with Gasteiger partial charge in [-0.25, -0.2) is 4.98 Å². The number of benzene rings is 2. The van der Waals surface area contributed by atoms with E-state index in [2.05, 4.69) is 10.3 Å². The van der Waals surface area contributed by atoms with Crippen LogP contribution in [0.15, 0.2) is 58.9 Å². The van der Waals surface area contributed by atoms with Crippen LogP contribution < -0.4 is 5.32 Å². The number of nitrogens with zero attached hydrogens (tertiary/aromatic N) is 2. The van der Waals surface area contributed by atoms with Gasteiger partial charge in [-0.3, -0.25) is 9.59 Å². The number of nitrogens with one attached hydrogen (secondary N) is 1. The number of anilines is 1. The molecule has 1 saturated heterocycles. The first-order chi connectivity index (χ1) is 14.7. The van der Waals surface area contributed by atoms with E-state index >= 15 is 0 Å². The first kappa shape index (κ1) is 20.6. The Balaban J connectivity index is 1.35. The van der Waals surface area contributed by atoms with Gasteiger partial charge in [0.25, 0.3) is 0 Å². The number of likely N-dealkylation sites (tertiary alicyclic amines) is 1. The monoisotopic (exact) mass is 437 g/mol. The number of carbonyl (C=O) groups is 2. The predicted molar refractivity (Wildman–Crippen MR) is 125 cm³/mol. The minimum Gasteiger partial charge on any atom is -0.342 e. The second-order valence-corrected chi connectivity index (χ2v) is 9.38. The van der Waals surface area contributed by atoms with Crippen LogP contribution in [0.4, 0.5) is 5.69 Å². The van der Waals surface area contributed by atoms with Gasteiger partial charge in [0, 0.05) is 24.9 Å². The standard InChI is InChI=1S/C23H23N3O2S2/c27-21(12-9-17-7-3-1-4-8-17)24-18-10-11-19-20(15-18)30-23(25-19)29-16-22(28)26-13-5-2-6-14-26/h1,3-4,7-12,15H,2,5-6,13-14,16H2,(H,24,27). The quantitative estimate of drug-likeness (QED) is 0.433. The van der Waals surface area contributed by atoms with Gasteiger partial charge in [-0.1, -0.05) is 42.1 Å². The number of hydrogen-bond acceptors (Lipinski definition) is 5. The maximum Gasteiger partial charge on any atom is 0.248 e. The van der Waals surface area contributed by atoms with Crippen LogP contribution in [0, 0.1) is 0 Å². The number of carbonyl (C=O) groups excluding carboxylic acids is 2. The third kappa shape index (κ3) is 5.49. The van der Waals surface area contributed by atoms with Crippen molar-refractivity contribution in [3.05, 3.63) is 60.2 Å². The van der Waals surface area contributed by atoms with Crippen molar-refractivity contribution in [2.75, 3.05) is 24.2 Å². The van der Waals surface area contributed by atoms with Crippen molar-refractivity contribution < 1.29 is 9.59 Å². The lowest BCUT2D eigenvalue weighted by Crippen LogP contribution is -2.36. The highest BCUT2D eigenvalue weighted by atomic mass is 32.2. The van der Waals surface area contributed by atoms with Gasteiger partial charge in [-0.15, -0.1) is 11.3 Å². The fourth-order valence-corrected chi connectivity index (χ4v) is 5.33. The molecule has 0 saturated carbocycles. The highest BCUT2D eigenvalue weighted by Gasteiger charge is 2.17. The maximum absolute atomic E-state index is 12.4. The zero-order valence-corrected chi connectivity index (χ0v) is 18.2. The average Bonchev–Trinajstić information content (AvgIpc) is 3.19. The fourth-order valence-electron chi connectivity index (χ4n) is 3.32. The third-order valence-corrected chi connectivity index (χ3v) is 7.04. The Kier molecular flexibility index (Phi) is 6.81. The molecule has 2 amide bonds. The van der Waals surface area contributed by atoms with Crippen molar-refractivity contribution in [3.8, 4) is 0 Å². The minimum absolute atomic E-state index is 0.176. The van der Waals surface area contributed by atoms with Gasteiger partial charge >= 0.3 is 0 Å². The normalized spacial score (nSPS) is 14.3. The number of amides is 2. The summed E-state index contributed by atoms with van der Waals surface area (Å²) in [7, 11) is 0. The molecule has 0 atom stereocenters. The highest BCUT2D eigenvalue weighted by Crippen LogP contribution is 2.31. The zero-order valence-electron chi connectivity index (χ0n) is 16.5. The topological polar surface area (TPSA) is 62.3 Å². The van der Waals surface area contributed by atoms with Crippen LogP contribution in [-0.4, -0.2) is 40.5 Å². The lowest BCUT2D eigenvalue weighted by molar-refractivity contribution is -0.129. The number of hydrogen-bond donors (Lipinski definition) is 1. The van der Waals surface area contributed by atoms with Gasteiger partial charge in [0.15, 0.2) is 4.34 Å². The van der Waals surface area contributed by atoms with Crippen molar-refractivity contribution in [1.82, 2.24) is 9.88 Å². The van der Waals surface area contributed by atoms with Crippen molar-refractivity contribution in [2.45, 2.75) is 23.6 Å². The van der Waals surface area contributed by atoms with E-state index in [9.17, 15) is 9.59 Å². The molecule has 154 valence electrons. The van der Waals surface area contributed by atoms with Crippen molar-refractivity contribution in [2.24, 2.45) is 0 Å². The molecule has 30 heavy (non-hydrogen) atoms. The summed E-state index contributed by atoms with van der Waals surface area (Å²) in [5.74, 6) is 0.440. The van der Waals surface area contributed by atoms with Gasteiger partial charge in [0.1, 0.15) is 0 Å². The van der Waals surface area contributed by atoms with E-state index in [-0.39, 0.29) is 11.8 Å². The van der Waals surface area contributed by atoms with E-state index in [0.29, 0.717) is 5.75 Å². The molecule has 7 heteroatoms. The first-order valence-corrected chi connectivity index (χ1v) is 11.8. The Morgan fingerprint density at radius 3 is 2.70 bits per heavy atom. The predicted octanol–water partition coefficient (Wildman–Crippen LogP) is 5.05. The molecule has 4 rings (SSSR count). The summed E-state index contributed by atoms with van der Waals surface area (Å²) < 4.78 is 1.87. The molecule has 0 aliphatic carbocycles. The van der Waals surface area contributed by atoms with Crippen LogP contribution in [0.1, 0.15) is 24.8 Å². The lowest BCUT2D eigenvalue weighted by Gasteiger charge is -2.26. The molecule has 2 heterocycles. The molecule has 0 radical (unpaired) electrons. The molecule has 3 aromatic rings. The van der Waals surface area contributed by atoms with E-state index in [1.165, 1.54) is 24.3 Å². The summed E-state index contributed by atoms with van der Waals surface area (Å²) >= 11 is 3.04. The SMILES string of the molecule is O=C(C=Cc1ccccc1)Nc1ccc2nc(SCC(=O)N3CCCCC3)sc2c1. The van der Waals surface area contributed by atoms with Crippen molar-refractivity contribution in [1.29, 1.82) is 0 Å². The molecular formula is C23H23N3O2S2. The number of rotatable bonds is 6. The van der Waals surface area contributed by atoms with E-state index in [1.807, 2.05) is 53.4 Å². The Morgan fingerprint density at radius 1 is 1.10 bits per heavy atom. The molecule has 2 aromatic carbocycles. The third-order valence-electron chi connectivity index (χ3n) is 4.89. The fraction of sp³-hybridized carbons (Fsp3) is 0.261. The average molecular weight is 438 g/mol. The zero-order chi connectivity index (χ0) is 20.8.